The van der Waals surface area contributed by atoms with Crippen LogP contribution >= 0.6 is 0 Å². The molecular formula is C20H16N2O4. The normalized spacial score (nSPS) is 10.8. The number of carbonyl (C=O) groups is 1. The fraction of sp³-hybridized carbons (Fsp3) is 0.100. The maximum Gasteiger partial charge on any atom is 0.351 e. The molecule has 3 rings (SSSR count). The van der Waals surface area contributed by atoms with E-state index in [0.717, 1.165) is 0 Å². The Labute approximate surface area is 149 Å². The molecule has 3 aromatic rings. The summed E-state index contributed by atoms with van der Waals surface area (Å²) < 4.78 is 10.3. The van der Waals surface area contributed by atoms with Gasteiger partial charge in [-0.2, -0.15) is 5.11 Å². The molecule has 0 saturated heterocycles. The zero-order chi connectivity index (χ0) is 18.4. The molecule has 0 aliphatic heterocycles. The van der Waals surface area contributed by atoms with Crippen molar-refractivity contribution in [3.05, 3.63) is 82.7 Å². The first-order valence-electron chi connectivity index (χ1n) is 8.06. The molecular weight excluding hydrogens is 332 g/mol. The van der Waals surface area contributed by atoms with E-state index in [9.17, 15) is 9.59 Å². The molecule has 26 heavy (non-hydrogen) atoms. The molecule has 6 heteroatoms. The Bertz CT molecular complexity index is 980. The first-order valence-corrected chi connectivity index (χ1v) is 8.06. The van der Waals surface area contributed by atoms with Gasteiger partial charge < -0.3 is 9.15 Å². The van der Waals surface area contributed by atoms with E-state index in [1.165, 1.54) is 6.07 Å². The Morgan fingerprint density at radius 3 is 2.31 bits per heavy atom. The van der Waals surface area contributed by atoms with Crippen molar-refractivity contribution in [1.82, 2.24) is 0 Å². The van der Waals surface area contributed by atoms with Crippen LogP contribution in [0.4, 0.5) is 11.4 Å². The largest absolute Gasteiger partial charge is 0.462 e. The summed E-state index contributed by atoms with van der Waals surface area (Å²) in [6, 6.07) is 19.5. The van der Waals surface area contributed by atoms with Gasteiger partial charge in [0, 0.05) is 5.56 Å². The Morgan fingerprint density at radius 2 is 1.65 bits per heavy atom. The van der Waals surface area contributed by atoms with Crippen LogP contribution in [0.5, 0.6) is 0 Å². The van der Waals surface area contributed by atoms with Crippen molar-refractivity contribution in [3.63, 3.8) is 0 Å². The molecule has 0 spiro atoms. The van der Waals surface area contributed by atoms with Gasteiger partial charge in [-0.25, -0.2) is 9.59 Å². The van der Waals surface area contributed by atoms with Gasteiger partial charge in [-0.05, 0) is 25.1 Å². The van der Waals surface area contributed by atoms with Gasteiger partial charge in [-0.1, -0.05) is 48.5 Å². The second kappa shape index (κ2) is 8.02. The number of carbonyl (C=O) groups excluding carboxylic acids is 1. The lowest BCUT2D eigenvalue weighted by Crippen LogP contribution is -2.16. The summed E-state index contributed by atoms with van der Waals surface area (Å²) in [5.41, 5.74) is 0.564. The van der Waals surface area contributed by atoms with Gasteiger partial charge in [-0.3, -0.25) is 0 Å². The van der Waals surface area contributed by atoms with Gasteiger partial charge >= 0.3 is 11.6 Å². The molecule has 1 heterocycles. The van der Waals surface area contributed by atoms with E-state index < -0.39 is 11.6 Å². The third kappa shape index (κ3) is 3.92. The lowest BCUT2D eigenvalue weighted by molar-refractivity contribution is 0.0521. The fourth-order valence-electron chi connectivity index (χ4n) is 2.29. The summed E-state index contributed by atoms with van der Waals surface area (Å²) in [6.07, 6.45) is 0. The van der Waals surface area contributed by atoms with Gasteiger partial charge in [0.15, 0.2) is 5.76 Å². The average molecular weight is 348 g/mol. The van der Waals surface area contributed by atoms with Crippen molar-refractivity contribution in [2.45, 2.75) is 6.92 Å². The monoisotopic (exact) mass is 348 g/mol. The first-order chi connectivity index (χ1) is 12.7. The van der Waals surface area contributed by atoms with Gasteiger partial charge in [0.1, 0.15) is 11.3 Å². The molecule has 0 amide bonds. The minimum absolute atomic E-state index is 0.152. The third-order valence-electron chi connectivity index (χ3n) is 3.49. The molecule has 0 radical (unpaired) electrons. The minimum Gasteiger partial charge on any atom is -0.462 e. The molecule has 0 bridgehead atoms. The summed E-state index contributed by atoms with van der Waals surface area (Å²) in [5.74, 6) is -0.514. The van der Waals surface area contributed by atoms with Crippen molar-refractivity contribution in [2.75, 3.05) is 6.61 Å². The predicted octanol–water partition coefficient (Wildman–Crippen LogP) is 4.90. The number of hydrogen-bond acceptors (Lipinski definition) is 6. The van der Waals surface area contributed by atoms with E-state index in [2.05, 4.69) is 10.2 Å². The van der Waals surface area contributed by atoms with Crippen LogP contribution < -0.4 is 5.63 Å². The second-order valence-electron chi connectivity index (χ2n) is 5.28. The van der Waals surface area contributed by atoms with E-state index in [1.807, 2.05) is 36.4 Å². The predicted molar refractivity (Wildman–Crippen MR) is 97.0 cm³/mol. The fourth-order valence-corrected chi connectivity index (χ4v) is 2.29. The molecule has 0 fully saturated rings. The van der Waals surface area contributed by atoms with E-state index in [4.69, 9.17) is 9.15 Å². The molecule has 0 aliphatic carbocycles. The number of esters is 1. The number of rotatable bonds is 5. The molecule has 2 aromatic carbocycles. The lowest BCUT2D eigenvalue weighted by atomic mass is 10.1. The van der Waals surface area contributed by atoms with Crippen LogP contribution in [0.15, 0.2) is 86.2 Å². The van der Waals surface area contributed by atoms with Crippen molar-refractivity contribution < 1.29 is 13.9 Å². The molecule has 0 aliphatic rings. The summed E-state index contributed by atoms with van der Waals surface area (Å²) in [7, 11) is 0. The average Bonchev–Trinajstić information content (AvgIpc) is 2.68. The third-order valence-corrected chi connectivity index (χ3v) is 3.49. The Morgan fingerprint density at radius 1 is 1.00 bits per heavy atom. The van der Waals surface area contributed by atoms with E-state index in [0.29, 0.717) is 11.3 Å². The zero-order valence-corrected chi connectivity index (χ0v) is 14.1. The standard InChI is InChI=1S/C20H16N2O4/c1-2-25-19(23)16-13-17(22-21-15-11-7-4-8-12-15)18(26-20(16)24)14-9-5-3-6-10-14/h3-13H,2H2,1H3. The summed E-state index contributed by atoms with van der Waals surface area (Å²) in [4.78, 5) is 24.2. The number of benzene rings is 2. The highest BCUT2D eigenvalue weighted by Crippen LogP contribution is 2.31. The first kappa shape index (κ1) is 17.3. The Balaban J connectivity index is 2.11. The molecule has 6 nitrogen and oxygen atoms in total. The van der Waals surface area contributed by atoms with Crippen LogP contribution in [-0.2, 0) is 4.74 Å². The van der Waals surface area contributed by atoms with Crippen LogP contribution in [0.1, 0.15) is 17.3 Å². The number of azo groups is 1. The van der Waals surface area contributed by atoms with Gasteiger partial charge in [0.25, 0.3) is 0 Å². The topological polar surface area (TPSA) is 81.2 Å². The van der Waals surface area contributed by atoms with Gasteiger partial charge in [-0.15, -0.1) is 5.11 Å². The van der Waals surface area contributed by atoms with Crippen LogP contribution in [-0.4, -0.2) is 12.6 Å². The summed E-state index contributed by atoms with van der Waals surface area (Å²) in [5, 5.41) is 8.33. The maximum absolute atomic E-state index is 12.2. The Kier molecular flexibility index (Phi) is 5.34. The van der Waals surface area contributed by atoms with Gasteiger partial charge in [0.05, 0.1) is 12.3 Å². The maximum atomic E-state index is 12.2. The number of ether oxygens (including phenoxy) is 1. The molecule has 0 N–H and O–H groups in total. The van der Waals surface area contributed by atoms with Crippen LogP contribution in [0, 0.1) is 0 Å². The summed E-state index contributed by atoms with van der Waals surface area (Å²) >= 11 is 0. The molecule has 0 atom stereocenters. The van der Waals surface area contributed by atoms with E-state index in [-0.39, 0.29) is 23.6 Å². The van der Waals surface area contributed by atoms with Gasteiger partial charge in [0.2, 0.25) is 0 Å². The highest BCUT2D eigenvalue weighted by Gasteiger charge is 2.19. The number of nitrogens with zero attached hydrogens (tertiary/aromatic N) is 2. The zero-order valence-electron chi connectivity index (χ0n) is 14.1. The van der Waals surface area contributed by atoms with E-state index >= 15 is 0 Å². The lowest BCUT2D eigenvalue weighted by Gasteiger charge is -2.06. The second-order valence-corrected chi connectivity index (χ2v) is 5.28. The van der Waals surface area contributed by atoms with Crippen molar-refractivity contribution in [3.8, 4) is 11.3 Å². The highest BCUT2D eigenvalue weighted by atomic mass is 16.5. The number of hydrogen-bond donors (Lipinski definition) is 0. The van der Waals surface area contributed by atoms with E-state index in [1.54, 1.807) is 31.2 Å². The van der Waals surface area contributed by atoms with Crippen LogP contribution in [0.25, 0.3) is 11.3 Å². The summed E-state index contributed by atoms with van der Waals surface area (Å²) in [6.45, 7) is 1.81. The van der Waals surface area contributed by atoms with Crippen LogP contribution in [0.2, 0.25) is 0 Å². The quantitative estimate of drug-likeness (QED) is 0.485. The van der Waals surface area contributed by atoms with Crippen molar-refractivity contribution >= 4 is 17.3 Å². The molecule has 0 unspecified atom stereocenters. The van der Waals surface area contributed by atoms with Crippen molar-refractivity contribution in [2.24, 2.45) is 10.2 Å². The molecule has 0 saturated carbocycles. The highest BCUT2D eigenvalue weighted by molar-refractivity contribution is 5.90. The van der Waals surface area contributed by atoms with Crippen molar-refractivity contribution in [1.29, 1.82) is 0 Å². The minimum atomic E-state index is -0.777. The smallest absolute Gasteiger partial charge is 0.351 e. The molecule has 130 valence electrons. The molecule has 1 aromatic heterocycles. The Hall–Kier alpha value is -3.54. The van der Waals surface area contributed by atoms with Crippen LogP contribution in [0.3, 0.4) is 0 Å². The SMILES string of the molecule is CCOC(=O)c1cc(N=Nc2ccccc2)c(-c2ccccc2)oc1=O.